The molecule has 2 aromatic rings. The number of nitrogens with zero attached hydrogens (tertiary/aromatic N) is 1. The zero-order chi connectivity index (χ0) is 23.0. The van der Waals surface area contributed by atoms with Crippen molar-refractivity contribution in [3.8, 4) is 5.75 Å². The molecule has 0 spiro atoms. The second kappa shape index (κ2) is 12.2. The predicted octanol–water partition coefficient (Wildman–Crippen LogP) is 5.75. The Morgan fingerprint density at radius 1 is 1.03 bits per heavy atom. The van der Waals surface area contributed by atoms with Gasteiger partial charge in [-0.2, -0.15) is 0 Å². The molecule has 0 heterocycles. The fourth-order valence-electron chi connectivity index (χ4n) is 3.00. The van der Waals surface area contributed by atoms with Crippen molar-refractivity contribution in [3.05, 3.63) is 63.1 Å². The second-order valence-electron chi connectivity index (χ2n) is 7.21. The first kappa shape index (κ1) is 25.3. The molecule has 0 aromatic heterocycles. The van der Waals surface area contributed by atoms with Gasteiger partial charge in [-0.05, 0) is 50.1 Å². The molecule has 168 valence electrons. The Bertz CT molecular complexity index is 887. The Hall–Kier alpha value is -1.95. The maximum Gasteiger partial charge on any atom is 0.261 e. The van der Waals surface area contributed by atoms with Gasteiger partial charge in [-0.25, -0.2) is 0 Å². The highest BCUT2D eigenvalue weighted by atomic mass is 35.5. The van der Waals surface area contributed by atoms with Crippen LogP contribution in [0.1, 0.15) is 39.2 Å². The van der Waals surface area contributed by atoms with Crippen LogP contribution in [0.2, 0.25) is 15.1 Å². The molecular formula is C23H27Cl3N2O3. The zero-order valence-electron chi connectivity index (χ0n) is 17.8. The lowest BCUT2D eigenvalue weighted by atomic mass is 10.1. The van der Waals surface area contributed by atoms with Crippen LogP contribution < -0.4 is 10.1 Å². The molecule has 0 bridgehead atoms. The van der Waals surface area contributed by atoms with Crippen molar-refractivity contribution >= 4 is 46.6 Å². The van der Waals surface area contributed by atoms with Gasteiger partial charge in [0.15, 0.2) is 6.61 Å². The summed E-state index contributed by atoms with van der Waals surface area (Å²) in [7, 11) is 0. The van der Waals surface area contributed by atoms with Gasteiger partial charge < -0.3 is 15.0 Å². The van der Waals surface area contributed by atoms with Crippen LogP contribution in [0.4, 0.5) is 0 Å². The van der Waals surface area contributed by atoms with E-state index in [0.29, 0.717) is 32.8 Å². The van der Waals surface area contributed by atoms with E-state index >= 15 is 0 Å². The van der Waals surface area contributed by atoms with E-state index in [4.69, 9.17) is 39.5 Å². The molecule has 8 heteroatoms. The molecule has 0 saturated heterocycles. The first-order chi connectivity index (χ1) is 14.8. The highest BCUT2D eigenvalue weighted by Crippen LogP contribution is 2.27. The summed E-state index contributed by atoms with van der Waals surface area (Å²) in [6, 6.07) is 11.2. The molecule has 2 amide bonds. The van der Waals surface area contributed by atoms with E-state index in [0.717, 1.165) is 6.42 Å². The SMILES string of the molecule is CC[C@@H](C)NC(=O)[C@@H](CC)N(Cc1c(Cl)cccc1Cl)C(=O)COc1cccc(Cl)c1. The highest BCUT2D eigenvalue weighted by molar-refractivity contribution is 6.36. The number of halogens is 3. The second-order valence-corrected chi connectivity index (χ2v) is 8.46. The van der Waals surface area contributed by atoms with Crippen LogP contribution in [0.15, 0.2) is 42.5 Å². The number of benzene rings is 2. The quantitative estimate of drug-likeness (QED) is 0.466. The summed E-state index contributed by atoms with van der Waals surface area (Å²) in [5, 5.41) is 4.32. The van der Waals surface area contributed by atoms with E-state index in [-0.39, 0.29) is 31.0 Å². The number of hydrogen-bond acceptors (Lipinski definition) is 3. The minimum absolute atomic E-state index is 0.00915. The number of rotatable bonds is 10. The Balaban J connectivity index is 2.28. The molecule has 31 heavy (non-hydrogen) atoms. The summed E-state index contributed by atoms with van der Waals surface area (Å²) in [5.74, 6) is -0.119. The van der Waals surface area contributed by atoms with E-state index in [1.54, 1.807) is 42.5 Å². The van der Waals surface area contributed by atoms with Crippen LogP contribution in [-0.2, 0) is 16.1 Å². The van der Waals surface area contributed by atoms with Gasteiger partial charge >= 0.3 is 0 Å². The third kappa shape index (κ3) is 7.30. The lowest BCUT2D eigenvalue weighted by Crippen LogP contribution is -2.51. The van der Waals surface area contributed by atoms with E-state index in [2.05, 4.69) is 5.32 Å². The summed E-state index contributed by atoms with van der Waals surface area (Å²) in [6.45, 7) is 5.59. The lowest BCUT2D eigenvalue weighted by Gasteiger charge is -2.31. The summed E-state index contributed by atoms with van der Waals surface area (Å²) >= 11 is 18.7. The molecule has 0 radical (unpaired) electrons. The smallest absolute Gasteiger partial charge is 0.261 e. The first-order valence-electron chi connectivity index (χ1n) is 10.2. The number of carbonyl (C=O) groups is 2. The van der Waals surface area contributed by atoms with Crippen LogP contribution >= 0.6 is 34.8 Å². The van der Waals surface area contributed by atoms with Gasteiger partial charge in [0, 0.05) is 33.2 Å². The fraction of sp³-hybridized carbons (Fsp3) is 0.391. The van der Waals surface area contributed by atoms with E-state index in [1.165, 1.54) is 4.90 Å². The van der Waals surface area contributed by atoms with Crippen molar-refractivity contribution < 1.29 is 14.3 Å². The van der Waals surface area contributed by atoms with E-state index in [1.807, 2.05) is 20.8 Å². The van der Waals surface area contributed by atoms with Crippen molar-refractivity contribution in [1.29, 1.82) is 0 Å². The molecule has 0 saturated carbocycles. The van der Waals surface area contributed by atoms with Crippen LogP contribution in [-0.4, -0.2) is 35.4 Å². The molecule has 5 nitrogen and oxygen atoms in total. The van der Waals surface area contributed by atoms with Gasteiger partial charge in [0.1, 0.15) is 11.8 Å². The van der Waals surface area contributed by atoms with Crippen molar-refractivity contribution in [3.63, 3.8) is 0 Å². The number of nitrogens with one attached hydrogen (secondary N) is 1. The molecule has 2 atom stereocenters. The summed E-state index contributed by atoms with van der Waals surface area (Å²) < 4.78 is 5.63. The van der Waals surface area contributed by atoms with Gasteiger partial charge in [0.25, 0.3) is 5.91 Å². The highest BCUT2D eigenvalue weighted by Gasteiger charge is 2.30. The summed E-state index contributed by atoms with van der Waals surface area (Å²) in [6.07, 6.45) is 1.21. The molecule has 0 aliphatic carbocycles. The minimum atomic E-state index is -0.697. The monoisotopic (exact) mass is 484 g/mol. The van der Waals surface area contributed by atoms with E-state index < -0.39 is 6.04 Å². The molecule has 0 aliphatic rings. The average Bonchev–Trinajstić information content (AvgIpc) is 2.73. The number of hydrogen-bond donors (Lipinski definition) is 1. The molecular weight excluding hydrogens is 459 g/mol. The first-order valence-corrected chi connectivity index (χ1v) is 11.3. The van der Waals surface area contributed by atoms with Crippen LogP contribution in [0, 0.1) is 0 Å². The van der Waals surface area contributed by atoms with E-state index in [9.17, 15) is 9.59 Å². The molecule has 0 unspecified atom stereocenters. The number of carbonyl (C=O) groups excluding carboxylic acids is 2. The topological polar surface area (TPSA) is 58.6 Å². The molecule has 2 rings (SSSR count). The zero-order valence-corrected chi connectivity index (χ0v) is 20.1. The fourth-order valence-corrected chi connectivity index (χ4v) is 3.70. The van der Waals surface area contributed by atoms with Crippen molar-refractivity contribution in [1.82, 2.24) is 10.2 Å². The van der Waals surface area contributed by atoms with Gasteiger partial charge in [0.2, 0.25) is 5.91 Å². The van der Waals surface area contributed by atoms with Gasteiger partial charge in [-0.15, -0.1) is 0 Å². The third-order valence-corrected chi connectivity index (χ3v) is 5.88. The number of ether oxygens (including phenoxy) is 1. The molecule has 0 aliphatic heterocycles. The molecule has 0 fully saturated rings. The Labute approximate surface area is 198 Å². The Morgan fingerprint density at radius 3 is 2.26 bits per heavy atom. The Morgan fingerprint density at radius 2 is 1.68 bits per heavy atom. The average molecular weight is 486 g/mol. The van der Waals surface area contributed by atoms with Crippen molar-refractivity contribution in [2.75, 3.05) is 6.61 Å². The molecule has 2 aromatic carbocycles. The van der Waals surface area contributed by atoms with Gasteiger partial charge in [-0.3, -0.25) is 9.59 Å². The Kier molecular flexibility index (Phi) is 9.94. The summed E-state index contributed by atoms with van der Waals surface area (Å²) in [4.78, 5) is 27.6. The maximum atomic E-state index is 13.2. The standard InChI is InChI=1S/C23H27Cl3N2O3/c1-4-15(3)27-23(30)21(5-2)28(13-18-19(25)10-7-11-20(18)26)22(29)14-31-17-9-6-8-16(24)12-17/h6-12,15,21H,4-5,13-14H2,1-3H3,(H,27,30)/t15-,21-/m1/s1. The van der Waals surface area contributed by atoms with Crippen molar-refractivity contribution in [2.45, 2.75) is 52.2 Å². The predicted molar refractivity (Wildman–Crippen MR) is 126 cm³/mol. The number of amides is 2. The normalized spacial score (nSPS) is 12.7. The summed E-state index contributed by atoms with van der Waals surface area (Å²) in [5.41, 5.74) is 0.580. The van der Waals surface area contributed by atoms with Crippen LogP contribution in [0.3, 0.4) is 0 Å². The minimum Gasteiger partial charge on any atom is -0.484 e. The van der Waals surface area contributed by atoms with Crippen LogP contribution in [0.5, 0.6) is 5.75 Å². The van der Waals surface area contributed by atoms with Gasteiger partial charge in [0.05, 0.1) is 0 Å². The third-order valence-electron chi connectivity index (χ3n) is 4.94. The van der Waals surface area contributed by atoms with Crippen molar-refractivity contribution in [2.24, 2.45) is 0 Å². The van der Waals surface area contributed by atoms with Gasteiger partial charge in [-0.1, -0.05) is 60.8 Å². The molecule has 1 N–H and O–H groups in total. The lowest BCUT2D eigenvalue weighted by molar-refractivity contribution is -0.143. The van der Waals surface area contributed by atoms with Crippen LogP contribution in [0.25, 0.3) is 0 Å². The largest absolute Gasteiger partial charge is 0.484 e. The maximum absolute atomic E-state index is 13.2.